The molecule has 3 aliphatic heterocycles. The number of nitrogens with zero attached hydrogens (tertiary/aromatic N) is 6. The van der Waals surface area contributed by atoms with Crippen LogP contribution in [0.1, 0.15) is 36.2 Å². The molecule has 3 saturated heterocycles. The Morgan fingerprint density at radius 3 is 2.59 bits per heavy atom. The molecule has 0 aromatic carbocycles. The molecular formula is C25H33N7O3S2. The van der Waals surface area contributed by atoms with Crippen molar-refractivity contribution in [3.63, 3.8) is 0 Å². The summed E-state index contributed by atoms with van der Waals surface area (Å²) < 4.78 is 6.43. The fourth-order valence-electron chi connectivity index (χ4n) is 5.07. The van der Waals surface area contributed by atoms with Gasteiger partial charge >= 0.3 is 0 Å². The average Bonchev–Trinajstić information content (AvgIpc) is 3.55. The van der Waals surface area contributed by atoms with E-state index in [0.717, 1.165) is 73.3 Å². The van der Waals surface area contributed by atoms with Gasteiger partial charge in [0.2, 0.25) is 0 Å². The summed E-state index contributed by atoms with van der Waals surface area (Å²) in [5, 5.41) is 13.9. The first-order chi connectivity index (χ1) is 17.6. The van der Waals surface area contributed by atoms with E-state index in [9.17, 15) is 9.90 Å². The first-order valence-electron chi connectivity index (χ1n) is 12.7. The quantitative estimate of drug-likeness (QED) is 0.502. The maximum absolute atomic E-state index is 13.3. The van der Waals surface area contributed by atoms with Crippen molar-refractivity contribution < 1.29 is 14.6 Å². The molecule has 198 valence electrons. The number of ether oxygens (including phenoxy) is 1. The fourth-order valence-corrected chi connectivity index (χ4v) is 6.07. The van der Waals surface area contributed by atoms with Gasteiger partial charge in [-0.15, -0.1) is 0 Å². The molecule has 3 fully saturated rings. The van der Waals surface area contributed by atoms with Gasteiger partial charge in [0, 0.05) is 51.2 Å². The van der Waals surface area contributed by atoms with E-state index >= 15 is 0 Å². The smallest absolute Gasteiger partial charge is 0.274 e. The maximum atomic E-state index is 13.3. The van der Waals surface area contributed by atoms with E-state index in [1.54, 1.807) is 23.6 Å². The minimum Gasteiger partial charge on any atom is -0.391 e. The predicted octanol–water partition coefficient (Wildman–Crippen LogP) is 2.85. The van der Waals surface area contributed by atoms with Gasteiger partial charge in [0.25, 0.3) is 5.91 Å². The summed E-state index contributed by atoms with van der Waals surface area (Å²) in [4.78, 5) is 34.0. The van der Waals surface area contributed by atoms with Crippen LogP contribution in [0.4, 0.5) is 22.3 Å². The number of nitrogens with one attached hydrogen (secondary N) is 1. The summed E-state index contributed by atoms with van der Waals surface area (Å²) in [5.74, 6) is 0.502. The number of anilines is 4. The third-order valence-electron chi connectivity index (χ3n) is 7.04. The number of aromatic nitrogens is 3. The van der Waals surface area contributed by atoms with Gasteiger partial charge in [-0.3, -0.25) is 9.78 Å². The molecule has 10 nitrogen and oxygen atoms in total. The van der Waals surface area contributed by atoms with Crippen LogP contribution >= 0.6 is 24.8 Å². The molecule has 6 rings (SSSR count). The molecule has 3 aromatic rings. The zero-order valence-electron chi connectivity index (χ0n) is 20.7. The van der Waals surface area contributed by atoms with E-state index in [1.165, 1.54) is 6.42 Å². The summed E-state index contributed by atoms with van der Waals surface area (Å²) in [7, 11) is 0. The topological polar surface area (TPSA) is 107 Å². The highest BCUT2D eigenvalue weighted by Gasteiger charge is 2.24. The molecule has 1 amide bonds. The molecule has 2 N–H and O–H groups in total. The summed E-state index contributed by atoms with van der Waals surface area (Å²) in [6, 6.07) is 5.68. The fraction of sp³-hybridized carbons (Fsp3) is 0.520. The lowest BCUT2D eigenvalue weighted by Crippen LogP contribution is -2.36. The van der Waals surface area contributed by atoms with E-state index in [4.69, 9.17) is 14.7 Å². The lowest BCUT2D eigenvalue weighted by molar-refractivity contribution is 0.102. The monoisotopic (exact) mass is 543 g/mol. The largest absolute Gasteiger partial charge is 0.391 e. The second kappa shape index (κ2) is 11.4. The van der Waals surface area contributed by atoms with Crippen molar-refractivity contribution in [1.82, 2.24) is 15.0 Å². The second-order valence-corrected chi connectivity index (χ2v) is 10.6. The Morgan fingerprint density at radius 1 is 1.03 bits per heavy atom. The number of β-amino-alcohol motifs (C(OH)–C–C–N with tert-alkyl or cyclic N) is 1. The number of aliphatic hydroxyl groups is 1. The number of piperidine rings is 1. The Balaban J connectivity index is 0.00000280. The van der Waals surface area contributed by atoms with E-state index in [1.807, 2.05) is 12.1 Å². The van der Waals surface area contributed by atoms with Gasteiger partial charge in [0.05, 0.1) is 29.7 Å². The molecule has 0 bridgehead atoms. The maximum Gasteiger partial charge on any atom is 0.274 e. The molecular weight excluding hydrogens is 510 g/mol. The van der Waals surface area contributed by atoms with E-state index in [0.29, 0.717) is 36.8 Å². The number of carbonyl (C=O) groups is 1. The Hall–Kier alpha value is -2.67. The molecule has 12 heteroatoms. The summed E-state index contributed by atoms with van der Waals surface area (Å²) in [5.41, 5.74) is 2.65. The van der Waals surface area contributed by atoms with E-state index in [2.05, 4.69) is 25.0 Å². The number of fused-ring (bicyclic) bond motifs is 1. The van der Waals surface area contributed by atoms with Crippen LogP contribution in [0.3, 0.4) is 0 Å². The Labute approximate surface area is 227 Å². The number of amides is 1. The van der Waals surface area contributed by atoms with Crippen molar-refractivity contribution in [2.45, 2.75) is 31.8 Å². The molecule has 0 aliphatic carbocycles. The summed E-state index contributed by atoms with van der Waals surface area (Å²) in [6.45, 7) is 6.19. The number of morpholine rings is 1. The molecule has 3 aromatic heterocycles. The van der Waals surface area contributed by atoms with Crippen LogP contribution in [-0.4, -0.2) is 84.6 Å². The standard InChI is InChI=1S/C25H31N7O3S.H2S/c33-18-5-9-32(16-18)17-4-6-26-20(14-17)24(34)27-19-15-21-22(28-23(19)30-7-2-1-3-8-30)29-25(36-21)31-10-12-35-13-11-31;/h4,6,14-15,18,33H,1-3,5,7-13,16H2,(H,27,34);1H2/t18-;/m0./s1. The van der Waals surface area contributed by atoms with Crippen LogP contribution in [0.5, 0.6) is 0 Å². The Bertz CT molecular complexity index is 1240. The van der Waals surface area contributed by atoms with Gasteiger partial charge in [-0.2, -0.15) is 18.5 Å². The minimum absolute atomic E-state index is 0. The van der Waals surface area contributed by atoms with Crippen LogP contribution in [0.2, 0.25) is 0 Å². The zero-order chi connectivity index (χ0) is 24.5. The van der Waals surface area contributed by atoms with Gasteiger partial charge in [0.1, 0.15) is 5.69 Å². The van der Waals surface area contributed by atoms with Gasteiger partial charge < -0.3 is 29.9 Å². The third-order valence-corrected chi connectivity index (χ3v) is 8.09. The first-order valence-corrected chi connectivity index (χ1v) is 13.6. The summed E-state index contributed by atoms with van der Waals surface area (Å²) >= 11 is 1.60. The lowest BCUT2D eigenvalue weighted by Gasteiger charge is -2.29. The number of rotatable bonds is 5. The zero-order valence-corrected chi connectivity index (χ0v) is 22.5. The Kier molecular flexibility index (Phi) is 7.98. The van der Waals surface area contributed by atoms with E-state index in [-0.39, 0.29) is 25.5 Å². The van der Waals surface area contributed by atoms with Gasteiger partial charge in [0.15, 0.2) is 16.6 Å². The van der Waals surface area contributed by atoms with Crippen LogP contribution < -0.4 is 20.0 Å². The van der Waals surface area contributed by atoms with Crippen molar-refractivity contribution >= 4 is 63.4 Å². The third kappa shape index (κ3) is 5.62. The van der Waals surface area contributed by atoms with Crippen molar-refractivity contribution in [1.29, 1.82) is 0 Å². The van der Waals surface area contributed by atoms with Crippen molar-refractivity contribution in [2.75, 3.05) is 72.5 Å². The second-order valence-electron chi connectivity index (χ2n) is 9.57. The molecule has 0 unspecified atom stereocenters. The number of aliphatic hydroxyl groups excluding tert-OH is 1. The highest BCUT2D eigenvalue weighted by Crippen LogP contribution is 2.35. The van der Waals surface area contributed by atoms with Gasteiger partial charge in [-0.05, 0) is 43.9 Å². The van der Waals surface area contributed by atoms with Crippen molar-refractivity contribution in [3.05, 3.63) is 30.1 Å². The molecule has 37 heavy (non-hydrogen) atoms. The summed E-state index contributed by atoms with van der Waals surface area (Å²) in [6.07, 6.45) is 5.47. The van der Waals surface area contributed by atoms with Crippen LogP contribution in [0.25, 0.3) is 10.3 Å². The number of hydrogen-bond acceptors (Lipinski definition) is 10. The van der Waals surface area contributed by atoms with Crippen molar-refractivity contribution in [3.8, 4) is 0 Å². The van der Waals surface area contributed by atoms with Crippen LogP contribution in [0, 0.1) is 0 Å². The molecule has 0 spiro atoms. The number of carbonyl (C=O) groups excluding carboxylic acids is 1. The van der Waals surface area contributed by atoms with Gasteiger partial charge in [-0.1, -0.05) is 11.3 Å². The first kappa shape index (κ1) is 26.0. The highest BCUT2D eigenvalue weighted by molar-refractivity contribution is 7.59. The molecule has 3 aliphatic rings. The van der Waals surface area contributed by atoms with Crippen LogP contribution in [0.15, 0.2) is 24.4 Å². The SMILES string of the molecule is O=C(Nc1cc2sc(N3CCOCC3)nc2nc1N1CCCCC1)c1cc(N2CC[C@H](O)C2)ccn1.S. The van der Waals surface area contributed by atoms with Gasteiger partial charge in [-0.25, -0.2) is 4.98 Å². The Morgan fingerprint density at radius 2 is 1.84 bits per heavy atom. The number of hydrogen-bond donors (Lipinski definition) is 2. The predicted molar refractivity (Wildman–Crippen MR) is 152 cm³/mol. The minimum atomic E-state index is -0.331. The lowest BCUT2D eigenvalue weighted by atomic mass is 10.1. The van der Waals surface area contributed by atoms with Crippen LogP contribution in [-0.2, 0) is 4.74 Å². The molecule has 1 atom stereocenters. The van der Waals surface area contributed by atoms with Crippen molar-refractivity contribution in [2.24, 2.45) is 0 Å². The highest BCUT2D eigenvalue weighted by atomic mass is 32.1. The normalized spacial score (nSPS) is 20.2. The molecule has 6 heterocycles. The van der Waals surface area contributed by atoms with E-state index < -0.39 is 0 Å². The number of thiazole rings is 1. The molecule has 0 saturated carbocycles. The average molecular weight is 544 g/mol. The number of pyridine rings is 2. The molecule has 0 radical (unpaired) electrons.